The summed E-state index contributed by atoms with van der Waals surface area (Å²) in [6.07, 6.45) is 5.29. The molecule has 0 saturated heterocycles. The van der Waals surface area contributed by atoms with E-state index in [0.717, 1.165) is 25.1 Å². The van der Waals surface area contributed by atoms with Crippen LogP contribution in [0.1, 0.15) is 36.7 Å². The fraction of sp³-hybridized carbons (Fsp3) is 0.615. The maximum Gasteiger partial charge on any atom is 0.268 e. The van der Waals surface area contributed by atoms with Crippen LogP contribution < -0.4 is 11.1 Å². The van der Waals surface area contributed by atoms with Crippen LogP contribution in [0.2, 0.25) is 0 Å². The summed E-state index contributed by atoms with van der Waals surface area (Å²) in [4.78, 5) is 12.1. The van der Waals surface area contributed by atoms with Crippen molar-refractivity contribution in [3.63, 3.8) is 0 Å². The normalized spacial score (nSPS) is 23.9. The van der Waals surface area contributed by atoms with E-state index in [4.69, 9.17) is 5.73 Å². The lowest BCUT2D eigenvalue weighted by Gasteiger charge is -2.19. The molecule has 1 saturated carbocycles. The van der Waals surface area contributed by atoms with Crippen LogP contribution in [0.3, 0.4) is 0 Å². The topological polar surface area (TPSA) is 60.0 Å². The van der Waals surface area contributed by atoms with Gasteiger partial charge in [-0.3, -0.25) is 4.79 Å². The SMILES string of the molecule is CCn1cccc1C(=O)NC1CCCC1CN. The van der Waals surface area contributed by atoms with Crippen molar-refractivity contribution in [1.29, 1.82) is 0 Å². The van der Waals surface area contributed by atoms with E-state index >= 15 is 0 Å². The molecule has 0 aromatic carbocycles. The number of hydrogen-bond acceptors (Lipinski definition) is 2. The molecular weight excluding hydrogens is 214 g/mol. The lowest BCUT2D eigenvalue weighted by Crippen LogP contribution is -2.40. The Hall–Kier alpha value is -1.29. The number of hydrogen-bond donors (Lipinski definition) is 2. The van der Waals surface area contributed by atoms with E-state index in [9.17, 15) is 4.79 Å². The van der Waals surface area contributed by atoms with Crippen LogP contribution in [-0.2, 0) is 6.54 Å². The minimum absolute atomic E-state index is 0.0298. The molecule has 2 unspecified atom stereocenters. The van der Waals surface area contributed by atoms with Crippen molar-refractivity contribution >= 4 is 5.91 Å². The largest absolute Gasteiger partial charge is 0.348 e. The zero-order valence-corrected chi connectivity index (χ0v) is 10.4. The van der Waals surface area contributed by atoms with E-state index in [2.05, 4.69) is 5.32 Å². The van der Waals surface area contributed by atoms with Crippen LogP contribution >= 0.6 is 0 Å². The highest BCUT2D eigenvalue weighted by Gasteiger charge is 2.28. The van der Waals surface area contributed by atoms with Gasteiger partial charge in [-0.15, -0.1) is 0 Å². The Morgan fingerprint density at radius 3 is 3.12 bits per heavy atom. The molecule has 4 nitrogen and oxygen atoms in total. The maximum atomic E-state index is 12.1. The summed E-state index contributed by atoms with van der Waals surface area (Å²) in [5, 5.41) is 3.12. The molecule has 1 aromatic rings. The summed E-state index contributed by atoms with van der Waals surface area (Å²) in [5.74, 6) is 0.478. The van der Waals surface area contributed by atoms with Crippen molar-refractivity contribution in [3.05, 3.63) is 24.0 Å². The third kappa shape index (κ3) is 2.52. The predicted molar refractivity (Wildman–Crippen MR) is 67.8 cm³/mol. The van der Waals surface area contributed by atoms with Gasteiger partial charge in [-0.2, -0.15) is 0 Å². The predicted octanol–water partition coefficient (Wildman–Crippen LogP) is 1.37. The molecule has 17 heavy (non-hydrogen) atoms. The minimum atomic E-state index is 0.0298. The van der Waals surface area contributed by atoms with Crippen molar-refractivity contribution in [3.8, 4) is 0 Å². The third-order valence-corrected chi connectivity index (χ3v) is 3.68. The number of amides is 1. The number of carbonyl (C=O) groups is 1. The Balaban J connectivity index is 2.01. The van der Waals surface area contributed by atoms with Crippen LogP contribution in [0.15, 0.2) is 18.3 Å². The van der Waals surface area contributed by atoms with E-state index < -0.39 is 0 Å². The van der Waals surface area contributed by atoms with Gasteiger partial charge in [0, 0.05) is 18.8 Å². The highest BCUT2D eigenvalue weighted by Crippen LogP contribution is 2.24. The first-order valence-corrected chi connectivity index (χ1v) is 6.42. The smallest absolute Gasteiger partial charge is 0.268 e. The lowest BCUT2D eigenvalue weighted by molar-refractivity contribution is 0.0919. The second kappa shape index (κ2) is 5.36. The second-order valence-electron chi connectivity index (χ2n) is 4.69. The van der Waals surface area contributed by atoms with Gasteiger partial charge in [0.1, 0.15) is 5.69 Å². The van der Waals surface area contributed by atoms with Gasteiger partial charge < -0.3 is 15.6 Å². The first-order valence-electron chi connectivity index (χ1n) is 6.42. The van der Waals surface area contributed by atoms with Gasteiger partial charge in [-0.1, -0.05) is 6.42 Å². The Morgan fingerprint density at radius 2 is 2.41 bits per heavy atom. The van der Waals surface area contributed by atoms with Gasteiger partial charge in [0.05, 0.1) is 0 Å². The highest BCUT2D eigenvalue weighted by atomic mass is 16.2. The Morgan fingerprint density at radius 1 is 1.59 bits per heavy atom. The fourth-order valence-corrected chi connectivity index (χ4v) is 2.65. The van der Waals surface area contributed by atoms with Crippen molar-refractivity contribution in [2.24, 2.45) is 11.7 Å². The first-order chi connectivity index (χ1) is 8.26. The van der Waals surface area contributed by atoms with Gasteiger partial charge in [0.15, 0.2) is 0 Å². The first kappa shape index (κ1) is 12.2. The van der Waals surface area contributed by atoms with Crippen LogP contribution in [0.25, 0.3) is 0 Å². The van der Waals surface area contributed by atoms with E-state index in [0.29, 0.717) is 12.5 Å². The zero-order valence-electron chi connectivity index (χ0n) is 10.4. The van der Waals surface area contributed by atoms with Crippen LogP contribution in [0.4, 0.5) is 0 Å². The summed E-state index contributed by atoms with van der Waals surface area (Å²) < 4.78 is 1.96. The molecular formula is C13H21N3O. The molecule has 3 N–H and O–H groups in total. The average Bonchev–Trinajstić information content (AvgIpc) is 2.96. The second-order valence-corrected chi connectivity index (χ2v) is 4.69. The number of nitrogens with zero attached hydrogens (tertiary/aromatic N) is 1. The molecule has 1 aliphatic carbocycles. The molecule has 1 aromatic heterocycles. The number of nitrogens with one attached hydrogen (secondary N) is 1. The molecule has 0 radical (unpaired) electrons. The summed E-state index contributed by atoms with van der Waals surface area (Å²) in [7, 11) is 0. The van der Waals surface area contributed by atoms with E-state index in [1.54, 1.807) is 0 Å². The van der Waals surface area contributed by atoms with Gasteiger partial charge in [-0.25, -0.2) is 0 Å². The molecule has 1 fully saturated rings. The van der Waals surface area contributed by atoms with Crippen molar-refractivity contribution in [2.45, 2.75) is 38.8 Å². The van der Waals surface area contributed by atoms with Crippen LogP contribution in [-0.4, -0.2) is 23.1 Å². The molecule has 0 spiro atoms. The maximum absolute atomic E-state index is 12.1. The monoisotopic (exact) mass is 235 g/mol. The molecule has 1 amide bonds. The molecule has 4 heteroatoms. The van der Waals surface area contributed by atoms with Crippen LogP contribution in [0.5, 0.6) is 0 Å². The fourth-order valence-electron chi connectivity index (χ4n) is 2.65. The third-order valence-electron chi connectivity index (χ3n) is 3.68. The van der Waals surface area contributed by atoms with Crippen molar-refractivity contribution < 1.29 is 4.79 Å². The zero-order chi connectivity index (χ0) is 12.3. The molecule has 1 aliphatic rings. The number of aryl methyl sites for hydroxylation is 1. The van der Waals surface area contributed by atoms with E-state index in [-0.39, 0.29) is 11.9 Å². The Bertz CT molecular complexity index is 386. The quantitative estimate of drug-likeness (QED) is 0.828. The van der Waals surface area contributed by atoms with Crippen molar-refractivity contribution in [2.75, 3.05) is 6.54 Å². The molecule has 0 bridgehead atoms. The number of nitrogens with two attached hydrogens (primary N) is 1. The molecule has 1 heterocycles. The summed E-state index contributed by atoms with van der Waals surface area (Å²) in [6.45, 7) is 3.52. The molecule has 2 atom stereocenters. The lowest BCUT2D eigenvalue weighted by atomic mass is 10.0. The molecule has 2 rings (SSSR count). The van der Waals surface area contributed by atoms with Gasteiger partial charge >= 0.3 is 0 Å². The summed E-state index contributed by atoms with van der Waals surface area (Å²) >= 11 is 0. The average molecular weight is 235 g/mol. The van der Waals surface area contributed by atoms with Gasteiger partial charge in [0.25, 0.3) is 5.91 Å². The Kier molecular flexibility index (Phi) is 3.84. The number of carbonyl (C=O) groups excluding carboxylic acids is 1. The minimum Gasteiger partial charge on any atom is -0.348 e. The summed E-state index contributed by atoms with van der Waals surface area (Å²) in [6, 6.07) is 4.03. The number of aromatic nitrogens is 1. The van der Waals surface area contributed by atoms with E-state index in [1.807, 2.05) is 29.8 Å². The van der Waals surface area contributed by atoms with Crippen LogP contribution in [0, 0.1) is 5.92 Å². The van der Waals surface area contributed by atoms with Crippen molar-refractivity contribution in [1.82, 2.24) is 9.88 Å². The molecule has 94 valence electrons. The Labute approximate surface area is 102 Å². The van der Waals surface area contributed by atoms with E-state index in [1.165, 1.54) is 6.42 Å². The highest BCUT2D eigenvalue weighted by molar-refractivity contribution is 5.93. The summed E-state index contributed by atoms with van der Waals surface area (Å²) in [5.41, 5.74) is 6.46. The molecule has 0 aliphatic heterocycles. The van der Waals surface area contributed by atoms with Gasteiger partial charge in [-0.05, 0) is 44.4 Å². The number of rotatable bonds is 4. The van der Waals surface area contributed by atoms with Gasteiger partial charge in [0.2, 0.25) is 0 Å². The standard InChI is InChI=1S/C13H21N3O/c1-2-16-8-4-7-12(16)13(17)15-11-6-3-5-10(11)9-14/h4,7-8,10-11H,2-3,5-6,9,14H2,1H3,(H,15,17).